The molecule has 1 unspecified atom stereocenters. The second-order valence-corrected chi connectivity index (χ2v) is 13.6. The van der Waals surface area contributed by atoms with E-state index < -0.39 is 47.0 Å². The van der Waals surface area contributed by atoms with Crippen molar-refractivity contribution in [3.8, 4) is 0 Å². The normalized spacial score (nSPS) is 29.2. The molecule has 0 radical (unpaired) electrons. The van der Waals surface area contributed by atoms with Crippen LogP contribution in [0, 0.1) is 11.3 Å². The Bertz CT molecular complexity index is 1700. The first-order chi connectivity index (χ1) is 23.1. The number of aromatic nitrogens is 2. The molecule has 1 aliphatic heterocycles. The summed E-state index contributed by atoms with van der Waals surface area (Å²) in [7, 11) is 0. The second-order valence-electron chi connectivity index (χ2n) is 13.6. The number of pyridine rings is 2. The lowest BCUT2D eigenvalue weighted by molar-refractivity contribution is -0.0796. The van der Waals surface area contributed by atoms with Crippen LogP contribution in [-0.4, -0.2) is 58.4 Å². The standard InChI is InChI=1S/C39H42N2O7/c1-25(2)30-16-17-39(24-45-35(42)27-10-6-5-7-11-27)33(47-37(44)29-13-9-19-41-23-29)20-26(3)14-15-32-38(4,48-32)21-31(34(30)39)46-36(43)28-12-8-18-40-22-28/h5-13,18-20,22-23,31-34H,14-17,21,24H2,1-4H3/b26-20+/t31?,32-,33+,34-,38+,39+/m1/s1. The molecule has 3 aromatic rings. The number of ether oxygens (including phenoxy) is 4. The molecule has 3 aliphatic rings. The molecule has 2 aromatic heterocycles. The summed E-state index contributed by atoms with van der Waals surface area (Å²) < 4.78 is 25.4. The van der Waals surface area contributed by atoms with Crippen LogP contribution in [0.3, 0.4) is 0 Å². The number of hydrogen-bond acceptors (Lipinski definition) is 9. The molecule has 1 saturated heterocycles. The molecule has 0 bridgehead atoms. The van der Waals surface area contributed by atoms with Crippen LogP contribution in [0.5, 0.6) is 0 Å². The Balaban J connectivity index is 1.49. The van der Waals surface area contributed by atoms with E-state index in [4.69, 9.17) is 18.9 Å². The molecule has 0 amide bonds. The van der Waals surface area contributed by atoms with Gasteiger partial charge in [-0.05, 0) is 95.9 Å². The van der Waals surface area contributed by atoms with Gasteiger partial charge in [-0.2, -0.15) is 0 Å². The largest absolute Gasteiger partial charge is 0.461 e. The molecular formula is C39H42N2O7. The number of rotatable bonds is 7. The molecule has 250 valence electrons. The Kier molecular flexibility index (Phi) is 9.60. The van der Waals surface area contributed by atoms with Gasteiger partial charge in [0, 0.05) is 37.1 Å². The van der Waals surface area contributed by atoms with Crippen molar-refractivity contribution in [2.45, 2.75) is 83.7 Å². The lowest BCUT2D eigenvalue weighted by atomic mass is 9.68. The molecule has 6 rings (SSSR count). The fraction of sp³-hybridized carbons (Fsp3) is 0.410. The lowest BCUT2D eigenvalue weighted by Gasteiger charge is -2.43. The molecule has 2 fully saturated rings. The fourth-order valence-electron chi connectivity index (χ4n) is 7.44. The minimum absolute atomic E-state index is 0.0169. The van der Waals surface area contributed by atoms with Gasteiger partial charge in [0.05, 0.1) is 33.8 Å². The van der Waals surface area contributed by atoms with Crippen LogP contribution < -0.4 is 0 Å². The molecule has 2 aliphatic carbocycles. The predicted molar refractivity (Wildman–Crippen MR) is 178 cm³/mol. The van der Waals surface area contributed by atoms with Gasteiger partial charge in [-0.3, -0.25) is 9.97 Å². The monoisotopic (exact) mass is 650 g/mol. The zero-order chi connectivity index (χ0) is 33.9. The number of nitrogens with zero attached hydrogens (tertiary/aromatic N) is 2. The van der Waals surface area contributed by atoms with Crippen molar-refractivity contribution in [3.63, 3.8) is 0 Å². The average molecular weight is 651 g/mol. The molecule has 0 N–H and O–H groups in total. The first-order valence-electron chi connectivity index (χ1n) is 16.6. The third-order valence-corrected chi connectivity index (χ3v) is 10.1. The van der Waals surface area contributed by atoms with Crippen molar-refractivity contribution in [2.75, 3.05) is 6.61 Å². The maximum Gasteiger partial charge on any atom is 0.340 e. The van der Waals surface area contributed by atoms with Crippen molar-refractivity contribution in [2.24, 2.45) is 11.3 Å². The number of carbonyl (C=O) groups excluding carboxylic acids is 3. The average Bonchev–Trinajstić information content (AvgIpc) is 3.57. The first kappa shape index (κ1) is 33.3. The van der Waals surface area contributed by atoms with Crippen LogP contribution in [0.25, 0.3) is 0 Å². The first-order valence-corrected chi connectivity index (χ1v) is 16.6. The summed E-state index contributed by atoms with van der Waals surface area (Å²) in [6.45, 7) is 8.11. The summed E-state index contributed by atoms with van der Waals surface area (Å²) in [5.41, 5.74) is 2.75. The summed E-state index contributed by atoms with van der Waals surface area (Å²) in [5, 5.41) is 0. The third kappa shape index (κ3) is 6.97. The van der Waals surface area contributed by atoms with Gasteiger partial charge in [0.2, 0.25) is 0 Å². The maximum atomic E-state index is 13.8. The van der Waals surface area contributed by atoms with Crippen molar-refractivity contribution >= 4 is 17.9 Å². The van der Waals surface area contributed by atoms with E-state index in [1.165, 1.54) is 12.4 Å². The molecule has 6 atom stereocenters. The van der Waals surface area contributed by atoms with Crippen LogP contribution in [0.2, 0.25) is 0 Å². The minimum atomic E-state index is -0.985. The number of carbonyl (C=O) groups is 3. The highest BCUT2D eigenvalue weighted by atomic mass is 16.6. The van der Waals surface area contributed by atoms with Crippen molar-refractivity contribution < 1.29 is 33.3 Å². The van der Waals surface area contributed by atoms with E-state index >= 15 is 0 Å². The minimum Gasteiger partial charge on any atom is -0.461 e. The third-order valence-electron chi connectivity index (χ3n) is 10.1. The Hall–Kier alpha value is -4.63. The van der Waals surface area contributed by atoms with Gasteiger partial charge in [0.25, 0.3) is 0 Å². The molecule has 0 spiro atoms. The smallest absolute Gasteiger partial charge is 0.340 e. The SMILES string of the molecule is CC(C)=C1CC[C@]2(COC(=O)c3ccccc3)[C@@H](OC(=O)c3cccnc3)/C=C(\C)CC[C@H]3O[C@@]3(C)CC(OC(=O)c3cccnc3)[C@@H]12. The Morgan fingerprint density at radius 3 is 2.12 bits per heavy atom. The zero-order valence-electron chi connectivity index (χ0n) is 27.9. The quantitative estimate of drug-likeness (QED) is 0.114. The van der Waals surface area contributed by atoms with Gasteiger partial charge in [-0.15, -0.1) is 0 Å². The van der Waals surface area contributed by atoms with Crippen LogP contribution in [0.15, 0.2) is 102 Å². The summed E-state index contributed by atoms with van der Waals surface area (Å²) in [4.78, 5) is 49.3. The van der Waals surface area contributed by atoms with E-state index in [2.05, 4.69) is 16.9 Å². The van der Waals surface area contributed by atoms with E-state index in [9.17, 15) is 14.4 Å². The van der Waals surface area contributed by atoms with Crippen LogP contribution in [0.4, 0.5) is 0 Å². The van der Waals surface area contributed by atoms with Gasteiger partial charge in [0.1, 0.15) is 18.8 Å². The molecule has 3 heterocycles. The maximum absolute atomic E-state index is 13.8. The van der Waals surface area contributed by atoms with Gasteiger partial charge in [-0.25, -0.2) is 14.4 Å². The highest BCUT2D eigenvalue weighted by molar-refractivity contribution is 5.90. The molecule has 1 saturated carbocycles. The van der Waals surface area contributed by atoms with Gasteiger partial charge in [-0.1, -0.05) is 34.9 Å². The topological polar surface area (TPSA) is 117 Å². The summed E-state index contributed by atoms with van der Waals surface area (Å²) in [6, 6.07) is 15.5. The van der Waals surface area contributed by atoms with E-state index in [1.54, 1.807) is 60.9 Å². The number of benzene rings is 1. The van der Waals surface area contributed by atoms with E-state index in [1.807, 2.05) is 32.9 Å². The highest BCUT2D eigenvalue weighted by Gasteiger charge is 2.61. The van der Waals surface area contributed by atoms with Gasteiger partial charge < -0.3 is 18.9 Å². The lowest BCUT2D eigenvalue weighted by Crippen LogP contribution is -2.50. The van der Waals surface area contributed by atoms with Crippen LogP contribution in [-0.2, 0) is 18.9 Å². The molecule has 9 heteroatoms. The molecule has 1 aromatic carbocycles. The fourth-order valence-corrected chi connectivity index (χ4v) is 7.44. The second kappa shape index (κ2) is 13.8. The van der Waals surface area contributed by atoms with Crippen molar-refractivity contribution in [3.05, 3.63) is 119 Å². The Labute approximate surface area is 281 Å². The summed E-state index contributed by atoms with van der Waals surface area (Å²) in [5.74, 6) is -1.99. The molecule has 9 nitrogen and oxygen atoms in total. The number of esters is 3. The number of allylic oxidation sites excluding steroid dienone is 2. The Morgan fingerprint density at radius 2 is 1.50 bits per heavy atom. The Morgan fingerprint density at radius 1 is 0.854 bits per heavy atom. The van der Waals surface area contributed by atoms with Crippen molar-refractivity contribution in [1.29, 1.82) is 0 Å². The number of epoxide rings is 1. The summed E-state index contributed by atoms with van der Waals surface area (Å²) in [6.07, 6.45) is 9.71. The van der Waals surface area contributed by atoms with E-state index in [-0.39, 0.29) is 12.7 Å². The number of hydrogen-bond donors (Lipinski definition) is 0. The number of fused-ring (bicyclic) bond motifs is 2. The van der Waals surface area contributed by atoms with Crippen LogP contribution in [0.1, 0.15) is 90.9 Å². The highest BCUT2D eigenvalue weighted by Crippen LogP contribution is 2.57. The van der Waals surface area contributed by atoms with Gasteiger partial charge in [0.15, 0.2) is 0 Å². The summed E-state index contributed by atoms with van der Waals surface area (Å²) >= 11 is 0. The van der Waals surface area contributed by atoms with Crippen LogP contribution >= 0.6 is 0 Å². The molecular weight excluding hydrogens is 608 g/mol. The van der Waals surface area contributed by atoms with E-state index in [0.717, 1.165) is 29.6 Å². The van der Waals surface area contributed by atoms with Crippen molar-refractivity contribution in [1.82, 2.24) is 9.97 Å². The van der Waals surface area contributed by atoms with E-state index in [0.29, 0.717) is 36.0 Å². The zero-order valence-corrected chi connectivity index (χ0v) is 27.9. The predicted octanol–water partition coefficient (Wildman–Crippen LogP) is 7.11. The molecule has 48 heavy (non-hydrogen) atoms. The van der Waals surface area contributed by atoms with Gasteiger partial charge >= 0.3 is 17.9 Å².